The molecule has 0 saturated heterocycles. The monoisotopic (exact) mass is 372 g/mol. The standard InChI is InChI=1S/C19H24N4O2S/c1-15(6-5-11-20)22-14-17-12-16(13-21)9-10-19(17)23(26(22,24)25)18-7-3-2-4-8-18/h2-4,7-10,12,15,24-25H,5-6,11,14,20H2,1H3. The van der Waals surface area contributed by atoms with Gasteiger partial charge in [-0.25, -0.2) is 4.31 Å². The van der Waals surface area contributed by atoms with Crippen molar-refractivity contribution in [2.45, 2.75) is 32.4 Å². The number of nitrogens with zero attached hydrogens (tertiary/aromatic N) is 3. The highest BCUT2D eigenvalue weighted by Crippen LogP contribution is 2.59. The van der Waals surface area contributed by atoms with Gasteiger partial charge in [-0.3, -0.25) is 9.11 Å². The molecule has 0 radical (unpaired) electrons. The lowest BCUT2D eigenvalue weighted by atomic mass is 10.1. The third kappa shape index (κ3) is 3.43. The summed E-state index contributed by atoms with van der Waals surface area (Å²) in [5, 5.41) is 9.23. The van der Waals surface area contributed by atoms with E-state index in [0.717, 1.165) is 24.1 Å². The zero-order chi connectivity index (χ0) is 18.7. The van der Waals surface area contributed by atoms with Crippen molar-refractivity contribution in [2.75, 3.05) is 10.8 Å². The second-order valence-electron chi connectivity index (χ2n) is 6.43. The van der Waals surface area contributed by atoms with E-state index in [1.54, 1.807) is 20.7 Å². The van der Waals surface area contributed by atoms with Gasteiger partial charge in [0.2, 0.25) is 0 Å². The average molecular weight is 372 g/mol. The Morgan fingerprint density at radius 2 is 1.96 bits per heavy atom. The molecule has 0 aliphatic carbocycles. The third-order valence-corrected chi connectivity index (χ3v) is 6.64. The molecule has 1 unspecified atom stereocenters. The van der Waals surface area contributed by atoms with E-state index in [0.29, 0.717) is 24.3 Å². The highest BCUT2D eigenvalue weighted by atomic mass is 32.3. The van der Waals surface area contributed by atoms with Crippen LogP contribution in [0.15, 0.2) is 48.5 Å². The van der Waals surface area contributed by atoms with Gasteiger partial charge in [0, 0.05) is 12.6 Å². The second-order valence-corrected chi connectivity index (χ2v) is 8.24. The van der Waals surface area contributed by atoms with E-state index in [1.165, 1.54) is 0 Å². The molecule has 138 valence electrons. The number of anilines is 2. The topological polar surface area (TPSA) is 96.8 Å². The van der Waals surface area contributed by atoms with E-state index in [4.69, 9.17) is 5.73 Å². The Morgan fingerprint density at radius 3 is 2.62 bits per heavy atom. The number of nitriles is 1. The van der Waals surface area contributed by atoms with Gasteiger partial charge in [0.1, 0.15) is 0 Å². The number of benzene rings is 2. The highest BCUT2D eigenvalue weighted by Gasteiger charge is 2.40. The van der Waals surface area contributed by atoms with E-state index < -0.39 is 11.0 Å². The maximum Gasteiger partial charge on any atom is 0.0991 e. The summed E-state index contributed by atoms with van der Waals surface area (Å²) in [4.78, 5) is 0. The number of nitrogens with two attached hydrogens (primary N) is 1. The molecule has 7 heteroatoms. The Hall–Kier alpha value is -2.08. The van der Waals surface area contributed by atoms with Gasteiger partial charge in [-0.1, -0.05) is 18.2 Å². The number of rotatable bonds is 5. The van der Waals surface area contributed by atoms with Crippen LogP contribution < -0.4 is 10.0 Å². The van der Waals surface area contributed by atoms with Gasteiger partial charge in [0.15, 0.2) is 0 Å². The third-order valence-electron chi connectivity index (χ3n) is 4.62. The lowest BCUT2D eigenvalue weighted by Crippen LogP contribution is -2.45. The Labute approximate surface area is 156 Å². The Bertz CT molecular complexity index is 807. The van der Waals surface area contributed by atoms with Crippen LogP contribution in [0.2, 0.25) is 0 Å². The van der Waals surface area contributed by atoms with Crippen LogP contribution in [0, 0.1) is 11.3 Å². The first-order valence-corrected chi connectivity index (χ1v) is 10.1. The van der Waals surface area contributed by atoms with Crippen molar-refractivity contribution in [3.8, 4) is 6.07 Å². The van der Waals surface area contributed by atoms with Crippen LogP contribution in [0.1, 0.15) is 30.9 Å². The minimum Gasteiger partial charge on any atom is -0.330 e. The van der Waals surface area contributed by atoms with Crippen molar-refractivity contribution in [3.63, 3.8) is 0 Å². The zero-order valence-corrected chi connectivity index (χ0v) is 15.6. The van der Waals surface area contributed by atoms with Gasteiger partial charge in [-0.2, -0.15) is 9.57 Å². The highest BCUT2D eigenvalue weighted by molar-refractivity contribution is 8.23. The number of para-hydroxylation sites is 1. The summed E-state index contributed by atoms with van der Waals surface area (Å²) in [5.41, 5.74) is 8.51. The van der Waals surface area contributed by atoms with E-state index in [-0.39, 0.29) is 6.04 Å². The van der Waals surface area contributed by atoms with E-state index in [9.17, 15) is 14.4 Å². The quantitative estimate of drug-likeness (QED) is 0.727. The molecule has 1 heterocycles. The maximum absolute atomic E-state index is 11.2. The van der Waals surface area contributed by atoms with Gasteiger partial charge < -0.3 is 5.73 Å². The summed E-state index contributed by atoms with van der Waals surface area (Å²) in [6.07, 6.45) is 1.58. The Balaban J connectivity index is 2.10. The molecule has 0 saturated carbocycles. The first-order valence-electron chi connectivity index (χ1n) is 8.62. The van der Waals surface area contributed by atoms with Gasteiger partial charge in [-0.05, 0) is 73.2 Å². The largest absolute Gasteiger partial charge is 0.330 e. The molecule has 2 aromatic rings. The Morgan fingerprint density at radius 1 is 1.23 bits per heavy atom. The van der Waals surface area contributed by atoms with E-state index in [1.807, 2.05) is 43.3 Å². The zero-order valence-electron chi connectivity index (χ0n) is 14.7. The van der Waals surface area contributed by atoms with Crippen LogP contribution in [0.3, 0.4) is 0 Å². The molecule has 4 N–H and O–H groups in total. The van der Waals surface area contributed by atoms with Gasteiger partial charge in [-0.15, -0.1) is 0 Å². The Kier molecular flexibility index (Phi) is 5.51. The summed E-state index contributed by atoms with van der Waals surface area (Å²) in [6.45, 7) is 2.92. The van der Waals surface area contributed by atoms with E-state index in [2.05, 4.69) is 6.07 Å². The SMILES string of the molecule is CC(CCCN)N1Cc2cc(C#N)ccc2N(c2ccccc2)S1(O)O. The first-order chi connectivity index (χ1) is 12.5. The van der Waals surface area contributed by atoms with Crippen LogP contribution >= 0.6 is 11.0 Å². The summed E-state index contributed by atoms with van der Waals surface area (Å²) < 4.78 is 25.7. The van der Waals surface area contributed by atoms with E-state index >= 15 is 0 Å². The summed E-state index contributed by atoms with van der Waals surface area (Å²) in [5.74, 6) is 0. The second kappa shape index (κ2) is 7.66. The lowest BCUT2D eigenvalue weighted by Gasteiger charge is -2.55. The molecule has 1 aliphatic heterocycles. The molecule has 0 fully saturated rings. The van der Waals surface area contributed by atoms with Crippen molar-refractivity contribution in [1.29, 1.82) is 5.26 Å². The van der Waals surface area contributed by atoms with Gasteiger partial charge >= 0.3 is 0 Å². The predicted octanol–water partition coefficient (Wildman–Crippen LogP) is 4.22. The van der Waals surface area contributed by atoms with Gasteiger partial charge in [0.05, 0.1) is 23.0 Å². The summed E-state index contributed by atoms with van der Waals surface area (Å²) >= 11 is 0. The average Bonchev–Trinajstić information content (AvgIpc) is 2.65. The fourth-order valence-electron chi connectivity index (χ4n) is 3.27. The van der Waals surface area contributed by atoms with Crippen LogP contribution in [0.25, 0.3) is 0 Å². The van der Waals surface area contributed by atoms with Crippen LogP contribution in [0.4, 0.5) is 11.4 Å². The molecule has 2 aromatic carbocycles. The fraction of sp³-hybridized carbons (Fsp3) is 0.316. The molecule has 0 amide bonds. The van der Waals surface area contributed by atoms with Crippen molar-refractivity contribution >= 4 is 22.3 Å². The fourth-order valence-corrected chi connectivity index (χ4v) is 5.23. The first kappa shape index (κ1) is 18.7. The van der Waals surface area contributed by atoms with Crippen molar-refractivity contribution in [2.24, 2.45) is 5.73 Å². The molecule has 6 nitrogen and oxygen atoms in total. The van der Waals surface area contributed by atoms with Crippen molar-refractivity contribution in [1.82, 2.24) is 4.31 Å². The predicted molar refractivity (Wildman–Crippen MR) is 106 cm³/mol. The smallest absolute Gasteiger partial charge is 0.0991 e. The minimum absolute atomic E-state index is 0.0614. The molecule has 26 heavy (non-hydrogen) atoms. The maximum atomic E-state index is 11.2. The lowest BCUT2D eigenvalue weighted by molar-refractivity contribution is 0.270. The molecule has 0 aromatic heterocycles. The molecule has 3 rings (SSSR count). The molecule has 1 atom stereocenters. The normalized spacial score (nSPS) is 18.7. The van der Waals surface area contributed by atoms with Crippen LogP contribution in [-0.2, 0) is 6.54 Å². The molecule has 0 spiro atoms. The molecule has 0 bridgehead atoms. The van der Waals surface area contributed by atoms with Crippen molar-refractivity contribution < 1.29 is 9.11 Å². The van der Waals surface area contributed by atoms with Crippen molar-refractivity contribution in [3.05, 3.63) is 59.7 Å². The molecule has 1 aliphatic rings. The van der Waals surface area contributed by atoms with Gasteiger partial charge in [0.25, 0.3) is 0 Å². The number of hydrogen-bond acceptors (Lipinski definition) is 6. The molecular formula is C19H24N4O2S. The molecular weight excluding hydrogens is 348 g/mol. The number of fused-ring (bicyclic) bond motifs is 1. The van der Waals surface area contributed by atoms with Crippen LogP contribution in [-0.4, -0.2) is 26.0 Å². The number of hydrogen-bond donors (Lipinski definition) is 3. The van der Waals surface area contributed by atoms with Crippen LogP contribution in [0.5, 0.6) is 0 Å². The minimum atomic E-state index is -3.24. The summed E-state index contributed by atoms with van der Waals surface area (Å²) in [7, 11) is -3.24. The summed E-state index contributed by atoms with van der Waals surface area (Å²) in [6, 6.07) is 16.7.